The third-order valence-electron chi connectivity index (χ3n) is 5.41. The number of carbonyl (C=O) groups is 2. The molecule has 2 aliphatic heterocycles. The number of likely N-dealkylation sites (tertiary alicyclic amines) is 2. The van der Waals surface area contributed by atoms with Gasteiger partial charge in [0.2, 0.25) is 5.91 Å². The summed E-state index contributed by atoms with van der Waals surface area (Å²) in [5, 5.41) is 0. The van der Waals surface area contributed by atoms with Gasteiger partial charge < -0.3 is 19.3 Å². The third kappa shape index (κ3) is 4.73. The van der Waals surface area contributed by atoms with Crippen LogP contribution in [0.15, 0.2) is 24.3 Å². The second-order valence-corrected chi connectivity index (χ2v) is 8.74. The minimum atomic E-state index is -0.481. The van der Waals surface area contributed by atoms with E-state index >= 15 is 0 Å². The molecule has 27 heavy (non-hydrogen) atoms. The minimum absolute atomic E-state index is 0.0118. The molecule has 6 heteroatoms. The lowest BCUT2D eigenvalue weighted by molar-refractivity contribution is -0.128. The van der Waals surface area contributed by atoms with Crippen LogP contribution >= 0.6 is 0 Å². The van der Waals surface area contributed by atoms with Crippen molar-refractivity contribution in [3.8, 4) is 5.75 Å². The van der Waals surface area contributed by atoms with Gasteiger partial charge in [-0.05, 0) is 51.3 Å². The monoisotopic (exact) mass is 374 g/mol. The Morgan fingerprint density at radius 3 is 2.33 bits per heavy atom. The van der Waals surface area contributed by atoms with E-state index in [-0.39, 0.29) is 17.4 Å². The highest BCUT2D eigenvalue weighted by atomic mass is 16.6. The molecule has 1 spiro atoms. The van der Waals surface area contributed by atoms with Gasteiger partial charge in [0, 0.05) is 38.0 Å². The maximum Gasteiger partial charge on any atom is 0.410 e. The number of carbonyl (C=O) groups excluding carboxylic acids is 2. The number of benzene rings is 1. The van der Waals surface area contributed by atoms with Gasteiger partial charge in [0.25, 0.3) is 0 Å². The van der Waals surface area contributed by atoms with Gasteiger partial charge in [-0.25, -0.2) is 4.79 Å². The highest BCUT2D eigenvalue weighted by molar-refractivity contribution is 5.79. The van der Waals surface area contributed by atoms with Crippen molar-refractivity contribution >= 4 is 12.0 Å². The molecule has 0 atom stereocenters. The van der Waals surface area contributed by atoms with Crippen molar-refractivity contribution in [3.63, 3.8) is 0 Å². The van der Waals surface area contributed by atoms with E-state index in [9.17, 15) is 9.59 Å². The number of nitrogens with zero attached hydrogens (tertiary/aromatic N) is 2. The van der Waals surface area contributed by atoms with Crippen LogP contribution in [-0.4, -0.2) is 54.1 Å². The smallest absolute Gasteiger partial charge is 0.410 e. The van der Waals surface area contributed by atoms with Crippen molar-refractivity contribution < 1.29 is 19.1 Å². The summed E-state index contributed by atoms with van der Waals surface area (Å²) in [5.41, 5.74) is 0.611. The molecule has 0 unspecified atom stereocenters. The Bertz CT molecular complexity index is 685. The maximum atomic E-state index is 12.6. The molecule has 0 aliphatic carbocycles. The van der Waals surface area contributed by atoms with E-state index in [0.717, 1.165) is 30.7 Å². The lowest BCUT2D eigenvalue weighted by Gasteiger charge is -2.39. The zero-order valence-electron chi connectivity index (χ0n) is 16.8. The summed E-state index contributed by atoms with van der Waals surface area (Å²) >= 11 is 0. The van der Waals surface area contributed by atoms with Gasteiger partial charge in [-0.15, -0.1) is 0 Å². The van der Waals surface area contributed by atoms with E-state index in [1.165, 1.54) is 0 Å². The number of methoxy groups -OCH3 is 1. The van der Waals surface area contributed by atoms with Gasteiger partial charge in [0.15, 0.2) is 0 Å². The van der Waals surface area contributed by atoms with Crippen LogP contribution in [0.3, 0.4) is 0 Å². The largest absolute Gasteiger partial charge is 0.497 e. The van der Waals surface area contributed by atoms with Crippen LogP contribution in [0, 0.1) is 5.41 Å². The van der Waals surface area contributed by atoms with Crippen LogP contribution < -0.4 is 4.74 Å². The van der Waals surface area contributed by atoms with E-state index in [2.05, 4.69) is 0 Å². The molecule has 2 amide bonds. The van der Waals surface area contributed by atoms with E-state index in [1.807, 2.05) is 49.9 Å². The van der Waals surface area contributed by atoms with Crippen molar-refractivity contribution in [3.05, 3.63) is 29.8 Å². The SMILES string of the molecule is COc1ccc(CN2CC3(CCN(C(=O)OC(C)(C)C)CC3)CC2=O)cc1. The summed E-state index contributed by atoms with van der Waals surface area (Å²) in [4.78, 5) is 28.5. The molecule has 2 aliphatic rings. The molecule has 0 bridgehead atoms. The number of ether oxygens (including phenoxy) is 2. The van der Waals surface area contributed by atoms with Crippen molar-refractivity contribution in [2.24, 2.45) is 5.41 Å². The predicted molar refractivity (Wildman–Crippen MR) is 103 cm³/mol. The molecule has 6 nitrogen and oxygen atoms in total. The number of amides is 2. The average molecular weight is 374 g/mol. The van der Waals surface area contributed by atoms with Gasteiger partial charge in [-0.3, -0.25) is 4.79 Å². The summed E-state index contributed by atoms with van der Waals surface area (Å²) in [6.07, 6.45) is 2.01. The lowest BCUT2D eigenvalue weighted by atomic mass is 9.78. The average Bonchev–Trinajstić information content (AvgIpc) is 2.89. The first-order valence-corrected chi connectivity index (χ1v) is 9.58. The number of piperidine rings is 1. The number of hydrogen-bond donors (Lipinski definition) is 0. The Hall–Kier alpha value is -2.24. The van der Waals surface area contributed by atoms with Crippen LogP contribution in [0.1, 0.15) is 45.6 Å². The topological polar surface area (TPSA) is 59.1 Å². The first kappa shape index (κ1) is 19.5. The highest BCUT2D eigenvalue weighted by Crippen LogP contribution is 2.41. The molecule has 0 saturated carbocycles. The molecular weight excluding hydrogens is 344 g/mol. The molecule has 2 heterocycles. The quantitative estimate of drug-likeness (QED) is 0.813. The Morgan fingerprint density at radius 2 is 1.78 bits per heavy atom. The first-order valence-electron chi connectivity index (χ1n) is 9.58. The summed E-state index contributed by atoms with van der Waals surface area (Å²) in [6, 6.07) is 7.85. The van der Waals surface area contributed by atoms with Gasteiger partial charge in [-0.1, -0.05) is 12.1 Å². The van der Waals surface area contributed by atoms with E-state index in [4.69, 9.17) is 9.47 Å². The maximum absolute atomic E-state index is 12.6. The van der Waals surface area contributed by atoms with E-state index in [0.29, 0.717) is 26.1 Å². The minimum Gasteiger partial charge on any atom is -0.497 e. The molecular formula is C21H30N2O4. The first-order chi connectivity index (χ1) is 12.7. The molecule has 3 rings (SSSR count). The van der Waals surface area contributed by atoms with E-state index in [1.54, 1.807) is 12.0 Å². The molecule has 1 aromatic carbocycles. The Kier molecular flexibility index (Phi) is 5.36. The van der Waals surface area contributed by atoms with Crippen LogP contribution in [-0.2, 0) is 16.1 Å². The number of rotatable bonds is 3. The Balaban J connectivity index is 1.56. The zero-order chi connectivity index (χ0) is 19.7. The molecule has 2 fully saturated rings. The van der Waals surface area contributed by atoms with E-state index < -0.39 is 5.60 Å². The molecule has 0 aromatic heterocycles. The van der Waals surface area contributed by atoms with Crippen LogP contribution in [0.25, 0.3) is 0 Å². The predicted octanol–water partition coefficient (Wildman–Crippen LogP) is 3.44. The van der Waals surface area contributed by atoms with Gasteiger partial charge in [0.05, 0.1) is 7.11 Å². The molecule has 0 N–H and O–H groups in total. The molecule has 0 radical (unpaired) electrons. The summed E-state index contributed by atoms with van der Waals surface area (Å²) < 4.78 is 10.7. The second kappa shape index (κ2) is 7.41. The van der Waals surface area contributed by atoms with Crippen LogP contribution in [0.4, 0.5) is 4.79 Å². The summed E-state index contributed by atoms with van der Waals surface area (Å²) in [7, 11) is 1.65. The Labute approximate surface area is 161 Å². The summed E-state index contributed by atoms with van der Waals surface area (Å²) in [5.74, 6) is 1.02. The fourth-order valence-electron chi connectivity index (χ4n) is 3.90. The zero-order valence-corrected chi connectivity index (χ0v) is 16.8. The molecule has 1 aromatic rings. The third-order valence-corrected chi connectivity index (χ3v) is 5.41. The van der Waals surface area contributed by atoms with Crippen molar-refractivity contribution in [2.75, 3.05) is 26.7 Å². The van der Waals surface area contributed by atoms with Crippen LogP contribution in [0.5, 0.6) is 5.75 Å². The standard InChI is InChI=1S/C21H30N2O4/c1-20(2,3)27-19(25)22-11-9-21(10-12-22)13-18(24)23(15-21)14-16-5-7-17(26-4)8-6-16/h5-8H,9-15H2,1-4H3. The Morgan fingerprint density at radius 1 is 1.15 bits per heavy atom. The normalized spacial score (nSPS) is 19.5. The molecule has 148 valence electrons. The van der Waals surface area contributed by atoms with Gasteiger partial charge in [-0.2, -0.15) is 0 Å². The van der Waals surface area contributed by atoms with Crippen LogP contribution in [0.2, 0.25) is 0 Å². The lowest BCUT2D eigenvalue weighted by Crippen LogP contribution is -2.46. The fraction of sp³-hybridized carbons (Fsp3) is 0.619. The fourth-order valence-corrected chi connectivity index (χ4v) is 3.90. The van der Waals surface area contributed by atoms with Crippen molar-refractivity contribution in [1.82, 2.24) is 9.80 Å². The van der Waals surface area contributed by atoms with Gasteiger partial charge in [0.1, 0.15) is 11.4 Å². The number of hydrogen-bond acceptors (Lipinski definition) is 4. The van der Waals surface area contributed by atoms with Crippen molar-refractivity contribution in [1.29, 1.82) is 0 Å². The van der Waals surface area contributed by atoms with Crippen molar-refractivity contribution in [2.45, 2.75) is 52.2 Å². The molecule has 2 saturated heterocycles. The van der Waals surface area contributed by atoms with Gasteiger partial charge >= 0.3 is 6.09 Å². The highest BCUT2D eigenvalue weighted by Gasteiger charge is 2.45. The summed E-state index contributed by atoms with van der Waals surface area (Å²) in [6.45, 7) is 8.33. The second-order valence-electron chi connectivity index (χ2n) is 8.74.